The van der Waals surface area contributed by atoms with Gasteiger partial charge in [0, 0.05) is 31.6 Å². The van der Waals surface area contributed by atoms with E-state index in [1.807, 2.05) is 0 Å². The van der Waals surface area contributed by atoms with Crippen molar-refractivity contribution in [1.82, 2.24) is 15.5 Å². The summed E-state index contributed by atoms with van der Waals surface area (Å²) < 4.78 is 11.7. The Hall–Kier alpha value is -2.57. The predicted octanol–water partition coefficient (Wildman–Crippen LogP) is 3.48. The average Bonchev–Trinajstić information content (AvgIpc) is 3.24. The number of aryl methyl sites for hydroxylation is 1. The maximum absolute atomic E-state index is 6.22. The van der Waals surface area contributed by atoms with Crippen LogP contribution in [0.15, 0.2) is 47.5 Å². The summed E-state index contributed by atoms with van der Waals surface area (Å²) in [6.45, 7) is 8.62. The van der Waals surface area contributed by atoms with Crippen molar-refractivity contribution in [2.75, 3.05) is 33.9 Å². The number of benzene rings is 2. The highest BCUT2D eigenvalue weighted by molar-refractivity contribution is 5.79. The van der Waals surface area contributed by atoms with Gasteiger partial charge in [-0.25, -0.2) is 4.99 Å². The van der Waals surface area contributed by atoms with Crippen molar-refractivity contribution < 1.29 is 9.47 Å². The zero-order valence-electron chi connectivity index (χ0n) is 19.3. The summed E-state index contributed by atoms with van der Waals surface area (Å²) in [7, 11) is 4.17. The molecule has 1 aliphatic rings. The Balaban J connectivity index is 1.65. The second kappa shape index (κ2) is 11.7. The third kappa shape index (κ3) is 7.56. The van der Waals surface area contributed by atoms with Crippen LogP contribution >= 0.6 is 0 Å². The molecule has 3 rings (SSSR count). The fraction of sp³-hybridized carbons (Fsp3) is 0.480. The van der Waals surface area contributed by atoms with E-state index in [0.29, 0.717) is 19.7 Å². The highest BCUT2D eigenvalue weighted by atomic mass is 16.5. The molecule has 2 N–H and O–H groups in total. The highest BCUT2D eigenvalue weighted by Gasteiger charge is 2.18. The van der Waals surface area contributed by atoms with E-state index in [2.05, 4.69) is 85.9 Å². The molecule has 1 aliphatic heterocycles. The summed E-state index contributed by atoms with van der Waals surface area (Å²) >= 11 is 0. The monoisotopic (exact) mass is 424 g/mol. The van der Waals surface area contributed by atoms with Gasteiger partial charge < -0.3 is 25.0 Å². The lowest BCUT2D eigenvalue weighted by Crippen LogP contribution is -2.37. The molecule has 0 bridgehead atoms. The summed E-state index contributed by atoms with van der Waals surface area (Å²) in [5.74, 6) is 1.73. The van der Waals surface area contributed by atoms with Crippen molar-refractivity contribution in [3.8, 4) is 5.75 Å². The number of rotatable bonds is 9. The van der Waals surface area contributed by atoms with Gasteiger partial charge in [0.25, 0.3) is 0 Å². The molecule has 1 saturated heterocycles. The molecule has 0 aromatic heterocycles. The van der Waals surface area contributed by atoms with Crippen LogP contribution in [0.25, 0.3) is 0 Å². The van der Waals surface area contributed by atoms with Gasteiger partial charge in [0.2, 0.25) is 0 Å². The van der Waals surface area contributed by atoms with Crippen molar-refractivity contribution >= 4 is 5.96 Å². The smallest absolute Gasteiger partial charge is 0.191 e. The third-order valence-corrected chi connectivity index (χ3v) is 5.10. The standard InChI is InChI=1S/C25H36N4O2/c1-5-26-25(27-15-20-7-6-8-21(14-20)17-29(3)4)28-16-22-10-9-19(2)13-24(22)31-23-11-12-30-18-23/h6-10,13-14,23H,5,11-12,15-18H2,1-4H3,(H2,26,27,28). The van der Waals surface area contributed by atoms with Crippen LogP contribution in [0.3, 0.4) is 0 Å². The van der Waals surface area contributed by atoms with Crippen LogP contribution in [0.4, 0.5) is 0 Å². The zero-order chi connectivity index (χ0) is 22.1. The van der Waals surface area contributed by atoms with Gasteiger partial charge >= 0.3 is 0 Å². The second-order valence-corrected chi connectivity index (χ2v) is 8.32. The van der Waals surface area contributed by atoms with Gasteiger partial charge in [-0.2, -0.15) is 0 Å². The Labute approximate surface area is 186 Å². The van der Waals surface area contributed by atoms with E-state index in [9.17, 15) is 0 Å². The SMILES string of the molecule is CCNC(=NCc1cccc(CN(C)C)c1)NCc1ccc(C)cc1OC1CCOC1. The minimum Gasteiger partial charge on any atom is -0.488 e. The number of nitrogens with zero attached hydrogens (tertiary/aromatic N) is 2. The molecule has 0 aliphatic carbocycles. The van der Waals surface area contributed by atoms with Crippen LogP contribution in [0, 0.1) is 6.92 Å². The van der Waals surface area contributed by atoms with Gasteiger partial charge in [-0.15, -0.1) is 0 Å². The number of nitrogens with one attached hydrogen (secondary N) is 2. The number of guanidine groups is 1. The van der Waals surface area contributed by atoms with Crippen LogP contribution in [0.2, 0.25) is 0 Å². The van der Waals surface area contributed by atoms with E-state index in [-0.39, 0.29) is 6.10 Å². The predicted molar refractivity (Wildman–Crippen MR) is 127 cm³/mol. The summed E-state index contributed by atoms with van der Waals surface area (Å²) in [5.41, 5.74) is 4.82. The van der Waals surface area contributed by atoms with Crippen LogP contribution in [0.1, 0.15) is 35.6 Å². The number of hydrogen-bond acceptors (Lipinski definition) is 4. The molecule has 0 radical (unpaired) electrons. The molecule has 6 heteroatoms. The molecule has 1 atom stereocenters. The zero-order valence-corrected chi connectivity index (χ0v) is 19.3. The van der Waals surface area contributed by atoms with Crippen LogP contribution < -0.4 is 15.4 Å². The fourth-order valence-corrected chi connectivity index (χ4v) is 3.59. The average molecular weight is 425 g/mol. The molecule has 31 heavy (non-hydrogen) atoms. The lowest BCUT2D eigenvalue weighted by atomic mass is 10.1. The Kier molecular flexibility index (Phi) is 8.74. The fourth-order valence-electron chi connectivity index (χ4n) is 3.59. The van der Waals surface area contributed by atoms with Crippen LogP contribution in [0.5, 0.6) is 5.75 Å². The van der Waals surface area contributed by atoms with Crippen molar-refractivity contribution in [3.05, 3.63) is 64.7 Å². The molecule has 6 nitrogen and oxygen atoms in total. The van der Waals surface area contributed by atoms with E-state index in [1.54, 1.807) is 0 Å². The molecule has 2 aromatic carbocycles. The minimum absolute atomic E-state index is 0.136. The molecule has 0 spiro atoms. The van der Waals surface area contributed by atoms with Gasteiger partial charge in [-0.1, -0.05) is 36.4 Å². The Morgan fingerprint density at radius 2 is 2.00 bits per heavy atom. The number of aliphatic imine (C=N–C) groups is 1. The molecule has 1 heterocycles. The van der Waals surface area contributed by atoms with Crippen LogP contribution in [-0.2, 0) is 24.4 Å². The molecular formula is C25H36N4O2. The van der Waals surface area contributed by atoms with Gasteiger partial charge in [0.05, 0.1) is 19.8 Å². The maximum atomic E-state index is 6.22. The largest absolute Gasteiger partial charge is 0.488 e. The van der Waals surface area contributed by atoms with E-state index in [0.717, 1.165) is 43.4 Å². The lowest BCUT2D eigenvalue weighted by molar-refractivity contribution is 0.140. The Morgan fingerprint density at radius 1 is 1.16 bits per heavy atom. The molecule has 1 fully saturated rings. The van der Waals surface area contributed by atoms with E-state index in [1.165, 1.54) is 16.7 Å². The quantitative estimate of drug-likeness (QED) is 0.477. The highest BCUT2D eigenvalue weighted by Crippen LogP contribution is 2.23. The summed E-state index contributed by atoms with van der Waals surface area (Å²) in [6.07, 6.45) is 1.08. The molecule has 0 saturated carbocycles. The minimum atomic E-state index is 0.136. The van der Waals surface area contributed by atoms with Crippen molar-refractivity contribution in [2.24, 2.45) is 4.99 Å². The van der Waals surface area contributed by atoms with Crippen LogP contribution in [-0.4, -0.2) is 50.8 Å². The molecule has 0 amide bonds. The lowest BCUT2D eigenvalue weighted by Gasteiger charge is -2.18. The second-order valence-electron chi connectivity index (χ2n) is 8.32. The summed E-state index contributed by atoms with van der Waals surface area (Å²) in [6, 6.07) is 15.0. The van der Waals surface area contributed by atoms with E-state index >= 15 is 0 Å². The Bertz CT molecular complexity index is 860. The summed E-state index contributed by atoms with van der Waals surface area (Å²) in [5, 5.41) is 6.80. The Morgan fingerprint density at radius 3 is 2.74 bits per heavy atom. The van der Waals surface area contributed by atoms with Crippen molar-refractivity contribution in [2.45, 2.75) is 46.0 Å². The first-order valence-electron chi connectivity index (χ1n) is 11.1. The molecule has 1 unspecified atom stereocenters. The van der Waals surface area contributed by atoms with E-state index < -0.39 is 0 Å². The van der Waals surface area contributed by atoms with Gasteiger partial charge in [-0.3, -0.25) is 0 Å². The molecular weight excluding hydrogens is 388 g/mol. The normalized spacial score (nSPS) is 16.5. The number of hydrogen-bond donors (Lipinski definition) is 2. The number of ether oxygens (including phenoxy) is 2. The van der Waals surface area contributed by atoms with Gasteiger partial charge in [-0.05, 0) is 50.7 Å². The maximum Gasteiger partial charge on any atom is 0.191 e. The topological polar surface area (TPSA) is 58.1 Å². The van der Waals surface area contributed by atoms with Crippen molar-refractivity contribution in [3.63, 3.8) is 0 Å². The first-order chi connectivity index (χ1) is 15.0. The van der Waals surface area contributed by atoms with Gasteiger partial charge in [0.1, 0.15) is 11.9 Å². The molecule has 2 aromatic rings. The molecule has 168 valence electrons. The third-order valence-electron chi connectivity index (χ3n) is 5.10. The van der Waals surface area contributed by atoms with Gasteiger partial charge in [0.15, 0.2) is 5.96 Å². The van der Waals surface area contributed by atoms with E-state index in [4.69, 9.17) is 14.5 Å². The summed E-state index contributed by atoms with van der Waals surface area (Å²) in [4.78, 5) is 6.96. The first-order valence-corrected chi connectivity index (χ1v) is 11.1. The first kappa shape index (κ1) is 23.1. The van der Waals surface area contributed by atoms with Crippen molar-refractivity contribution in [1.29, 1.82) is 0 Å².